The molecule has 25 heavy (non-hydrogen) atoms. The number of rotatable bonds is 5. The molecule has 0 aliphatic carbocycles. The van der Waals surface area contributed by atoms with Crippen molar-refractivity contribution in [2.24, 2.45) is 0 Å². The number of aromatic nitrogens is 1. The molecule has 0 radical (unpaired) electrons. The molecule has 8 heteroatoms. The largest absolute Gasteiger partial charge is 0.416 e. The summed E-state index contributed by atoms with van der Waals surface area (Å²) in [5, 5.41) is 6.27. The van der Waals surface area contributed by atoms with Crippen LogP contribution >= 0.6 is 0 Å². The standard InChI is InChI=1S/C17H20F3N3O2/c1-5-23(6-2)14-8-7-12(17(18,19)20)9-13(14)21-16(24)15-10(3)22-25-11(15)4/h7-9H,5-6H2,1-4H3,(H,21,24). The molecule has 1 N–H and O–H groups in total. The minimum atomic E-state index is -4.50. The molecule has 0 aliphatic heterocycles. The zero-order valence-corrected chi connectivity index (χ0v) is 14.5. The van der Waals surface area contributed by atoms with Crippen LogP contribution in [0.15, 0.2) is 22.7 Å². The van der Waals surface area contributed by atoms with Crippen molar-refractivity contribution in [2.75, 3.05) is 23.3 Å². The number of amides is 1. The molecule has 2 aromatic rings. The van der Waals surface area contributed by atoms with E-state index in [0.29, 0.717) is 30.2 Å². The lowest BCUT2D eigenvalue weighted by molar-refractivity contribution is -0.137. The highest BCUT2D eigenvalue weighted by molar-refractivity contribution is 6.07. The van der Waals surface area contributed by atoms with E-state index in [4.69, 9.17) is 4.52 Å². The summed E-state index contributed by atoms with van der Waals surface area (Å²) in [4.78, 5) is 14.4. The van der Waals surface area contributed by atoms with E-state index in [1.54, 1.807) is 13.8 Å². The van der Waals surface area contributed by atoms with Gasteiger partial charge in [-0.2, -0.15) is 13.2 Å². The third-order valence-electron chi connectivity index (χ3n) is 3.94. The molecule has 0 bridgehead atoms. The van der Waals surface area contributed by atoms with Crippen molar-refractivity contribution in [1.29, 1.82) is 0 Å². The Balaban J connectivity index is 2.47. The summed E-state index contributed by atoms with van der Waals surface area (Å²) in [5.41, 5.74) is 0.411. The van der Waals surface area contributed by atoms with Gasteiger partial charge in [-0.05, 0) is 45.9 Å². The number of carbonyl (C=O) groups excluding carboxylic acids is 1. The maximum absolute atomic E-state index is 13.1. The summed E-state index contributed by atoms with van der Waals surface area (Å²) >= 11 is 0. The molecule has 1 aromatic carbocycles. The molecule has 0 spiro atoms. The molecule has 2 rings (SSSR count). The minimum Gasteiger partial charge on any atom is -0.370 e. The van der Waals surface area contributed by atoms with Crippen molar-refractivity contribution in [3.05, 3.63) is 40.8 Å². The number of nitrogens with one attached hydrogen (secondary N) is 1. The fraction of sp³-hybridized carbons (Fsp3) is 0.412. The molecule has 1 heterocycles. The summed E-state index contributed by atoms with van der Waals surface area (Å²) in [6.45, 7) is 8.14. The Morgan fingerprint density at radius 3 is 2.36 bits per heavy atom. The molecule has 0 atom stereocenters. The summed E-state index contributed by atoms with van der Waals surface area (Å²) in [6, 6.07) is 3.34. The Morgan fingerprint density at radius 2 is 1.88 bits per heavy atom. The summed E-state index contributed by atoms with van der Waals surface area (Å²) < 4.78 is 44.1. The SMILES string of the molecule is CCN(CC)c1ccc(C(F)(F)F)cc1NC(=O)c1c(C)noc1C. The maximum Gasteiger partial charge on any atom is 0.416 e. The van der Waals surface area contributed by atoms with Gasteiger partial charge >= 0.3 is 6.18 Å². The molecule has 1 aromatic heterocycles. The number of alkyl halides is 3. The minimum absolute atomic E-state index is 0.100. The van der Waals surface area contributed by atoms with Crippen LogP contribution < -0.4 is 10.2 Å². The molecule has 0 saturated carbocycles. The van der Waals surface area contributed by atoms with Crippen molar-refractivity contribution in [3.63, 3.8) is 0 Å². The third-order valence-corrected chi connectivity index (χ3v) is 3.94. The Hall–Kier alpha value is -2.51. The van der Waals surface area contributed by atoms with Crippen molar-refractivity contribution >= 4 is 17.3 Å². The molecule has 1 amide bonds. The first-order valence-electron chi connectivity index (χ1n) is 7.89. The number of hydrogen-bond donors (Lipinski definition) is 1. The van der Waals surface area contributed by atoms with Crippen molar-refractivity contribution in [1.82, 2.24) is 5.16 Å². The van der Waals surface area contributed by atoms with Crippen LogP contribution in [0.3, 0.4) is 0 Å². The maximum atomic E-state index is 13.1. The second-order valence-electron chi connectivity index (χ2n) is 5.56. The van der Waals surface area contributed by atoms with Gasteiger partial charge in [-0.1, -0.05) is 5.16 Å². The predicted octanol–water partition coefficient (Wildman–Crippen LogP) is 4.41. The van der Waals surface area contributed by atoms with E-state index in [0.717, 1.165) is 12.1 Å². The Bertz CT molecular complexity index is 745. The van der Waals surface area contributed by atoms with Crippen LogP contribution in [-0.4, -0.2) is 24.2 Å². The van der Waals surface area contributed by atoms with Gasteiger partial charge in [-0.3, -0.25) is 4.79 Å². The number of benzene rings is 1. The van der Waals surface area contributed by atoms with Gasteiger partial charge in [0.15, 0.2) is 0 Å². The van der Waals surface area contributed by atoms with Gasteiger partial charge in [0, 0.05) is 13.1 Å². The number of anilines is 2. The molecule has 0 saturated heterocycles. The Morgan fingerprint density at radius 1 is 1.24 bits per heavy atom. The van der Waals surface area contributed by atoms with Gasteiger partial charge in [0.05, 0.1) is 22.6 Å². The van der Waals surface area contributed by atoms with E-state index >= 15 is 0 Å². The van der Waals surface area contributed by atoms with Crippen LogP contribution in [0.1, 0.15) is 41.2 Å². The normalized spacial score (nSPS) is 11.5. The van der Waals surface area contributed by atoms with Crippen LogP contribution in [0, 0.1) is 13.8 Å². The second-order valence-corrected chi connectivity index (χ2v) is 5.56. The predicted molar refractivity (Wildman–Crippen MR) is 88.9 cm³/mol. The van der Waals surface area contributed by atoms with Crippen molar-refractivity contribution in [3.8, 4) is 0 Å². The van der Waals surface area contributed by atoms with Gasteiger partial charge < -0.3 is 14.7 Å². The highest BCUT2D eigenvalue weighted by Gasteiger charge is 2.32. The molecule has 0 unspecified atom stereocenters. The third kappa shape index (κ3) is 3.94. The zero-order valence-electron chi connectivity index (χ0n) is 14.5. The lowest BCUT2D eigenvalue weighted by Gasteiger charge is -2.25. The highest BCUT2D eigenvalue weighted by atomic mass is 19.4. The number of halogens is 3. The fourth-order valence-electron chi connectivity index (χ4n) is 2.64. The Kier molecular flexibility index (Phi) is 5.39. The fourth-order valence-corrected chi connectivity index (χ4v) is 2.64. The topological polar surface area (TPSA) is 58.4 Å². The summed E-state index contributed by atoms with van der Waals surface area (Å²) in [7, 11) is 0. The van der Waals surface area contributed by atoms with Crippen molar-refractivity contribution < 1.29 is 22.5 Å². The zero-order chi connectivity index (χ0) is 18.8. The van der Waals surface area contributed by atoms with E-state index in [1.807, 2.05) is 18.7 Å². The quantitative estimate of drug-likeness (QED) is 0.863. The molecular formula is C17H20F3N3O2. The van der Waals surface area contributed by atoms with Gasteiger partial charge in [0.1, 0.15) is 11.3 Å². The van der Waals surface area contributed by atoms with E-state index in [-0.39, 0.29) is 11.3 Å². The van der Waals surface area contributed by atoms with Crippen LogP contribution in [-0.2, 0) is 6.18 Å². The molecular weight excluding hydrogens is 335 g/mol. The van der Waals surface area contributed by atoms with E-state index in [9.17, 15) is 18.0 Å². The molecule has 0 aliphatic rings. The van der Waals surface area contributed by atoms with E-state index < -0.39 is 17.6 Å². The second kappa shape index (κ2) is 7.16. The van der Waals surface area contributed by atoms with Gasteiger partial charge in [-0.25, -0.2) is 0 Å². The summed E-state index contributed by atoms with van der Waals surface area (Å²) in [5.74, 6) is -0.240. The van der Waals surface area contributed by atoms with Crippen LogP contribution in [0.5, 0.6) is 0 Å². The smallest absolute Gasteiger partial charge is 0.370 e. The van der Waals surface area contributed by atoms with Crippen LogP contribution in [0.4, 0.5) is 24.5 Å². The van der Waals surface area contributed by atoms with Gasteiger partial charge in [-0.15, -0.1) is 0 Å². The average molecular weight is 355 g/mol. The first kappa shape index (κ1) is 18.8. The summed E-state index contributed by atoms with van der Waals surface area (Å²) in [6.07, 6.45) is -4.50. The van der Waals surface area contributed by atoms with Gasteiger partial charge in [0.25, 0.3) is 5.91 Å². The highest BCUT2D eigenvalue weighted by Crippen LogP contribution is 2.35. The first-order valence-corrected chi connectivity index (χ1v) is 7.89. The number of carbonyl (C=O) groups is 1. The lowest BCUT2D eigenvalue weighted by atomic mass is 10.1. The number of aryl methyl sites for hydroxylation is 2. The molecule has 0 fully saturated rings. The van der Waals surface area contributed by atoms with E-state index in [2.05, 4.69) is 10.5 Å². The average Bonchev–Trinajstić information content (AvgIpc) is 2.87. The number of hydrogen-bond acceptors (Lipinski definition) is 4. The molecule has 5 nitrogen and oxygen atoms in total. The molecule has 136 valence electrons. The van der Waals surface area contributed by atoms with Crippen LogP contribution in [0.2, 0.25) is 0 Å². The lowest BCUT2D eigenvalue weighted by Crippen LogP contribution is -2.25. The van der Waals surface area contributed by atoms with Crippen LogP contribution in [0.25, 0.3) is 0 Å². The van der Waals surface area contributed by atoms with E-state index in [1.165, 1.54) is 6.07 Å². The van der Waals surface area contributed by atoms with Gasteiger partial charge in [0.2, 0.25) is 0 Å². The van der Waals surface area contributed by atoms with Crippen molar-refractivity contribution in [2.45, 2.75) is 33.9 Å². The Labute approximate surface area is 143 Å². The first-order chi connectivity index (χ1) is 11.7. The monoisotopic (exact) mass is 355 g/mol. The number of nitrogens with zero attached hydrogens (tertiary/aromatic N) is 2.